The van der Waals surface area contributed by atoms with Gasteiger partial charge in [-0.3, -0.25) is 4.90 Å². The molecule has 0 bridgehead atoms. The second kappa shape index (κ2) is 6.82. The Bertz CT molecular complexity index is 274. The molecule has 1 heterocycles. The summed E-state index contributed by atoms with van der Waals surface area (Å²) < 4.78 is 0. The van der Waals surface area contributed by atoms with Gasteiger partial charge in [-0.15, -0.1) is 0 Å². The Balaban J connectivity index is 1.95. The van der Waals surface area contributed by atoms with Gasteiger partial charge >= 0.3 is 0 Å². The van der Waals surface area contributed by atoms with E-state index in [2.05, 4.69) is 49.7 Å². The molecule has 0 aromatic heterocycles. The van der Waals surface area contributed by atoms with Crippen molar-refractivity contribution in [2.24, 2.45) is 5.41 Å². The maximum atomic E-state index is 3.71. The Morgan fingerprint density at radius 3 is 2.58 bits per heavy atom. The maximum absolute atomic E-state index is 3.71. The molecule has 1 saturated heterocycles. The van der Waals surface area contributed by atoms with Gasteiger partial charge in [0.25, 0.3) is 0 Å². The van der Waals surface area contributed by atoms with Crippen molar-refractivity contribution in [2.45, 2.75) is 70.7 Å². The minimum Gasteiger partial charge on any atom is -0.314 e. The molecular formula is C16H32N2S. The highest BCUT2D eigenvalue weighted by Gasteiger charge is 2.38. The van der Waals surface area contributed by atoms with Crippen molar-refractivity contribution in [2.75, 3.05) is 25.4 Å². The molecule has 1 aliphatic heterocycles. The molecule has 1 N–H and O–H groups in total. The van der Waals surface area contributed by atoms with Crippen LogP contribution in [0.5, 0.6) is 0 Å². The van der Waals surface area contributed by atoms with Crippen LogP contribution in [0, 0.1) is 5.41 Å². The summed E-state index contributed by atoms with van der Waals surface area (Å²) in [5, 5.41) is 4.51. The van der Waals surface area contributed by atoms with Crippen LogP contribution < -0.4 is 5.32 Å². The predicted octanol–water partition coefficient (Wildman–Crippen LogP) is 3.37. The van der Waals surface area contributed by atoms with Crippen LogP contribution in [0.3, 0.4) is 0 Å². The molecule has 2 unspecified atom stereocenters. The lowest BCUT2D eigenvalue weighted by atomic mass is 9.84. The fourth-order valence-electron chi connectivity index (χ4n) is 3.59. The van der Waals surface area contributed by atoms with E-state index in [4.69, 9.17) is 0 Å². The van der Waals surface area contributed by atoms with Gasteiger partial charge in [-0.1, -0.05) is 33.6 Å². The van der Waals surface area contributed by atoms with E-state index in [0.717, 1.165) is 11.3 Å². The normalized spacial score (nSPS) is 32.1. The summed E-state index contributed by atoms with van der Waals surface area (Å²) in [6.07, 6.45) is 5.73. The van der Waals surface area contributed by atoms with Gasteiger partial charge in [0.05, 0.1) is 0 Å². The van der Waals surface area contributed by atoms with Crippen LogP contribution in [0.4, 0.5) is 0 Å². The van der Waals surface area contributed by atoms with Crippen LogP contribution in [0.15, 0.2) is 0 Å². The third-order valence-corrected chi connectivity index (χ3v) is 6.44. The summed E-state index contributed by atoms with van der Waals surface area (Å²) >= 11 is 2.15. The molecule has 0 aromatic rings. The minimum atomic E-state index is 0.556. The summed E-state index contributed by atoms with van der Waals surface area (Å²) in [6, 6.07) is 1.36. The first-order chi connectivity index (χ1) is 9.02. The number of hydrogen-bond acceptors (Lipinski definition) is 3. The van der Waals surface area contributed by atoms with Crippen molar-refractivity contribution in [3.8, 4) is 0 Å². The second-order valence-electron chi connectivity index (χ2n) is 7.03. The van der Waals surface area contributed by atoms with Crippen molar-refractivity contribution in [3.05, 3.63) is 0 Å². The zero-order valence-corrected chi connectivity index (χ0v) is 14.1. The summed E-state index contributed by atoms with van der Waals surface area (Å²) in [4.78, 5) is 2.77. The molecule has 19 heavy (non-hydrogen) atoms. The standard InChI is InChI=1S/C16H32N2S/c1-13(2)17-11-16(7-5-6-8-16)12-18-9-10-19-15(4)14(18)3/h13-15,17H,5-12H2,1-4H3. The average molecular weight is 285 g/mol. The highest BCUT2D eigenvalue weighted by Crippen LogP contribution is 2.40. The molecule has 2 nitrogen and oxygen atoms in total. The van der Waals surface area contributed by atoms with Gasteiger partial charge in [-0.05, 0) is 25.2 Å². The van der Waals surface area contributed by atoms with E-state index in [1.165, 1.54) is 51.1 Å². The highest BCUT2D eigenvalue weighted by molar-refractivity contribution is 8.00. The summed E-state index contributed by atoms with van der Waals surface area (Å²) in [6.45, 7) is 13.2. The van der Waals surface area contributed by atoms with Crippen LogP contribution in [-0.2, 0) is 0 Å². The van der Waals surface area contributed by atoms with Gasteiger partial charge in [-0.25, -0.2) is 0 Å². The fourth-order valence-corrected chi connectivity index (χ4v) is 4.75. The first-order valence-electron chi connectivity index (χ1n) is 8.11. The Hall–Kier alpha value is 0.270. The molecule has 1 aliphatic carbocycles. The topological polar surface area (TPSA) is 15.3 Å². The van der Waals surface area contributed by atoms with Crippen LogP contribution >= 0.6 is 11.8 Å². The summed E-state index contributed by atoms with van der Waals surface area (Å²) in [5.74, 6) is 1.32. The number of nitrogens with zero attached hydrogens (tertiary/aromatic N) is 1. The third-order valence-electron chi connectivity index (χ3n) is 5.10. The third kappa shape index (κ3) is 4.12. The lowest BCUT2D eigenvalue weighted by Crippen LogP contribution is -2.51. The predicted molar refractivity (Wildman–Crippen MR) is 87.0 cm³/mol. The number of thioether (sulfide) groups is 1. The number of rotatable bonds is 5. The van der Waals surface area contributed by atoms with Crippen LogP contribution in [0.2, 0.25) is 0 Å². The molecule has 2 atom stereocenters. The molecule has 2 rings (SSSR count). The van der Waals surface area contributed by atoms with E-state index < -0.39 is 0 Å². The van der Waals surface area contributed by atoms with Gasteiger partial charge < -0.3 is 5.32 Å². The molecule has 0 spiro atoms. The van der Waals surface area contributed by atoms with Gasteiger partial charge in [0.1, 0.15) is 0 Å². The van der Waals surface area contributed by atoms with Crippen molar-refractivity contribution in [3.63, 3.8) is 0 Å². The molecule has 2 fully saturated rings. The molecule has 0 amide bonds. The molecule has 2 aliphatic rings. The molecule has 0 aromatic carbocycles. The first-order valence-corrected chi connectivity index (χ1v) is 9.16. The van der Waals surface area contributed by atoms with Gasteiger partial charge in [-0.2, -0.15) is 11.8 Å². The zero-order chi connectivity index (χ0) is 13.9. The first kappa shape index (κ1) is 15.7. The quantitative estimate of drug-likeness (QED) is 0.833. The van der Waals surface area contributed by atoms with Crippen LogP contribution in [-0.4, -0.2) is 47.6 Å². The van der Waals surface area contributed by atoms with Crippen molar-refractivity contribution in [1.82, 2.24) is 10.2 Å². The summed E-state index contributed by atoms with van der Waals surface area (Å²) in [5.41, 5.74) is 0.556. The van der Waals surface area contributed by atoms with Gasteiger partial charge in [0.15, 0.2) is 0 Å². The minimum absolute atomic E-state index is 0.556. The smallest absolute Gasteiger partial charge is 0.0184 e. The van der Waals surface area contributed by atoms with E-state index >= 15 is 0 Å². The van der Waals surface area contributed by atoms with Crippen molar-refractivity contribution >= 4 is 11.8 Å². The Morgan fingerprint density at radius 1 is 1.26 bits per heavy atom. The van der Waals surface area contributed by atoms with E-state index in [9.17, 15) is 0 Å². The van der Waals surface area contributed by atoms with Crippen molar-refractivity contribution < 1.29 is 0 Å². The van der Waals surface area contributed by atoms with E-state index in [0.29, 0.717) is 11.5 Å². The molecule has 0 radical (unpaired) electrons. The average Bonchev–Trinajstić information content (AvgIpc) is 2.82. The number of hydrogen-bond donors (Lipinski definition) is 1. The molecular weight excluding hydrogens is 252 g/mol. The molecule has 3 heteroatoms. The number of nitrogens with one attached hydrogen (secondary N) is 1. The second-order valence-corrected chi connectivity index (χ2v) is 8.51. The van der Waals surface area contributed by atoms with Gasteiger partial charge in [0.2, 0.25) is 0 Å². The lowest BCUT2D eigenvalue weighted by Gasteiger charge is -2.43. The van der Waals surface area contributed by atoms with Crippen molar-refractivity contribution in [1.29, 1.82) is 0 Å². The fraction of sp³-hybridized carbons (Fsp3) is 1.00. The zero-order valence-electron chi connectivity index (χ0n) is 13.2. The molecule has 1 saturated carbocycles. The van der Waals surface area contributed by atoms with E-state index in [1.807, 2.05) is 0 Å². The van der Waals surface area contributed by atoms with Crippen LogP contribution in [0.1, 0.15) is 53.4 Å². The monoisotopic (exact) mass is 284 g/mol. The SMILES string of the molecule is CC(C)NCC1(CN2CCSC(C)C2C)CCCC1. The maximum Gasteiger partial charge on any atom is 0.0184 e. The van der Waals surface area contributed by atoms with E-state index in [1.54, 1.807) is 0 Å². The Kier molecular flexibility index (Phi) is 5.62. The van der Waals surface area contributed by atoms with E-state index in [-0.39, 0.29) is 0 Å². The Labute approximate surface area is 124 Å². The highest BCUT2D eigenvalue weighted by atomic mass is 32.2. The van der Waals surface area contributed by atoms with Gasteiger partial charge in [0, 0.05) is 42.7 Å². The lowest BCUT2D eigenvalue weighted by molar-refractivity contribution is 0.116. The summed E-state index contributed by atoms with van der Waals surface area (Å²) in [7, 11) is 0. The molecule has 112 valence electrons. The Morgan fingerprint density at radius 2 is 1.95 bits per heavy atom. The largest absolute Gasteiger partial charge is 0.314 e. The van der Waals surface area contributed by atoms with Crippen LogP contribution in [0.25, 0.3) is 0 Å².